The number of rotatable bonds is 6. The molecule has 138 valence electrons. The highest BCUT2D eigenvalue weighted by molar-refractivity contribution is 7.10. The summed E-state index contributed by atoms with van der Waals surface area (Å²) in [5.41, 5.74) is 0.834. The molecule has 0 aliphatic rings. The smallest absolute Gasteiger partial charge is 0.342 e. The van der Waals surface area contributed by atoms with Crippen LogP contribution in [-0.2, 0) is 9.53 Å². The summed E-state index contributed by atoms with van der Waals surface area (Å²) in [4.78, 5) is 25.4. The van der Waals surface area contributed by atoms with Crippen LogP contribution in [0.1, 0.15) is 26.8 Å². The Hall–Kier alpha value is -2.83. The molecule has 0 fully saturated rings. The van der Waals surface area contributed by atoms with E-state index in [0.29, 0.717) is 0 Å². The van der Waals surface area contributed by atoms with Crippen LogP contribution in [0.2, 0.25) is 5.02 Å². The number of amides is 1. The van der Waals surface area contributed by atoms with Gasteiger partial charge in [-0.15, -0.1) is 11.3 Å². The SMILES string of the molecule is O=C(COC(=O)c1cc(Cl)ccc1O)N[C@@H](c1ccccc1)c1cccs1. The van der Waals surface area contributed by atoms with Crippen LogP contribution in [0.15, 0.2) is 66.0 Å². The number of hydrogen-bond donors (Lipinski definition) is 2. The second kappa shape index (κ2) is 8.70. The largest absolute Gasteiger partial charge is 0.507 e. The lowest BCUT2D eigenvalue weighted by molar-refractivity contribution is -0.124. The fourth-order valence-corrected chi connectivity index (χ4v) is 3.48. The molecule has 0 bridgehead atoms. The van der Waals surface area contributed by atoms with Gasteiger partial charge in [-0.1, -0.05) is 48.0 Å². The maximum Gasteiger partial charge on any atom is 0.342 e. The Morgan fingerprint density at radius 2 is 1.89 bits per heavy atom. The second-order valence-corrected chi connectivity index (χ2v) is 7.08. The molecule has 7 heteroatoms. The van der Waals surface area contributed by atoms with Gasteiger partial charge in [0.25, 0.3) is 5.91 Å². The molecule has 1 amide bonds. The van der Waals surface area contributed by atoms with Gasteiger partial charge in [-0.05, 0) is 35.2 Å². The number of carbonyl (C=O) groups is 2. The van der Waals surface area contributed by atoms with Crippen molar-refractivity contribution < 1.29 is 19.4 Å². The van der Waals surface area contributed by atoms with Crippen molar-refractivity contribution in [2.45, 2.75) is 6.04 Å². The number of benzene rings is 2. The highest BCUT2D eigenvalue weighted by atomic mass is 35.5. The molecule has 1 atom stereocenters. The van der Waals surface area contributed by atoms with Gasteiger partial charge in [-0.3, -0.25) is 4.79 Å². The van der Waals surface area contributed by atoms with Crippen LogP contribution < -0.4 is 5.32 Å². The average molecular weight is 402 g/mol. The summed E-state index contributed by atoms with van der Waals surface area (Å²) in [5, 5.41) is 14.8. The van der Waals surface area contributed by atoms with Crippen molar-refractivity contribution >= 4 is 34.8 Å². The van der Waals surface area contributed by atoms with Crippen molar-refractivity contribution in [1.29, 1.82) is 0 Å². The van der Waals surface area contributed by atoms with Crippen LogP contribution >= 0.6 is 22.9 Å². The molecular formula is C20H16ClNO4S. The molecule has 0 saturated carbocycles. The zero-order valence-electron chi connectivity index (χ0n) is 14.1. The Morgan fingerprint density at radius 1 is 1.11 bits per heavy atom. The number of carbonyl (C=O) groups excluding carboxylic acids is 2. The Balaban J connectivity index is 1.66. The van der Waals surface area contributed by atoms with E-state index in [-0.39, 0.29) is 22.4 Å². The van der Waals surface area contributed by atoms with Crippen LogP contribution in [0.5, 0.6) is 5.75 Å². The number of nitrogens with one attached hydrogen (secondary N) is 1. The zero-order valence-corrected chi connectivity index (χ0v) is 15.7. The molecular weight excluding hydrogens is 386 g/mol. The fraction of sp³-hybridized carbons (Fsp3) is 0.100. The van der Waals surface area contributed by atoms with Gasteiger partial charge in [0.15, 0.2) is 6.61 Å². The normalized spacial score (nSPS) is 11.6. The molecule has 3 aromatic rings. The van der Waals surface area contributed by atoms with Crippen molar-refractivity contribution in [2.24, 2.45) is 0 Å². The lowest BCUT2D eigenvalue weighted by Gasteiger charge is -2.18. The van der Waals surface area contributed by atoms with Crippen LogP contribution in [0.25, 0.3) is 0 Å². The summed E-state index contributed by atoms with van der Waals surface area (Å²) in [6.45, 7) is -0.473. The average Bonchev–Trinajstić information content (AvgIpc) is 3.21. The Labute approximate surface area is 165 Å². The third-order valence-electron chi connectivity index (χ3n) is 3.78. The van der Waals surface area contributed by atoms with Crippen LogP contribution in [0.4, 0.5) is 0 Å². The molecule has 0 aliphatic heterocycles. The molecule has 0 radical (unpaired) electrons. The molecule has 0 saturated heterocycles. The van der Waals surface area contributed by atoms with E-state index in [4.69, 9.17) is 16.3 Å². The Kier molecular flexibility index (Phi) is 6.11. The number of thiophene rings is 1. The van der Waals surface area contributed by atoms with Gasteiger partial charge in [0, 0.05) is 9.90 Å². The summed E-state index contributed by atoms with van der Waals surface area (Å²) in [7, 11) is 0. The predicted octanol–water partition coefficient (Wildman–Crippen LogP) is 4.17. The van der Waals surface area contributed by atoms with E-state index in [1.54, 1.807) is 0 Å². The topological polar surface area (TPSA) is 75.6 Å². The van der Waals surface area contributed by atoms with Gasteiger partial charge in [0.2, 0.25) is 0 Å². The van der Waals surface area contributed by atoms with E-state index in [9.17, 15) is 14.7 Å². The van der Waals surface area contributed by atoms with Crippen LogP contribution in [-0.4, -0.2) is 23.6 Å². The molecule has 0 spiro atoms. The number of phenolic OH excluding ortho intramolecular Hbond substituents is 1. The molecule has 1 aromatic heterocycles. The highest BCUT2D eigenvalue weighted by Gasteiger charge is 2.20. The monoisotopic (exact) mass is 401 g/mol. The highest BCUT2D eigenvalue weighted by Crippen LogP contribution is 2.26. The third kappa shape index (κ3) is 4.87. The maximum absolute atomic E-state index is 12.3. The van der Waals surface area contributed by atoms with Crippen LogP contribution in [0.3, 0.4) is 0 Å². The third-order valence-corrected chi connectivity index (χ3v) is 4.95. The maximum atomic E-state index is 12.3. The van der Waals surface area contributed by atoms with Gasteiger partial charge in [0.1, 0.15) is 11.3 Å². The zero-order chi connectivity index (χ0) is 19.2. The van der Waals surface area contributed by atoms with E-state index < -0.39 is 18.5 Å². The number of aromatic hydroxyl groups is 1. The van der Waals surface area contributed by atoms with Crippen molar-refractivity contribution in [3.05, 3.63) is 87.1 Å². The number of hydrogen-bond acceptors (Lipinski definition) is 5. The van der Waals surface area contributed by atoms with Crippen LogP contribution in [0, 0.1) is 0 Å². The Bertz CT molecular complexity index is 928. The van der Waals surface area contributed by atoms with Gasteiger partial charge in [-0.25, -0.2) is 4.79 Å². The summed E-state index contributed by atoms with van der Waals surface area (Å²) < 4.78 is 5.01. The first kappa shape index (κ1) is 18.9. The first-order chi connectivity index (χ1) is 13.0. The molecule has 1 heterocycles. The van der Waals surface area contributed by atoms with E-state index in [1.807, 2.05) is 47.8 Å². The predicted molar refractivity (Wildman–Crippen MR) is 104 cm³/mol. The van der Waals surface area contributed by atoms with E-state index in [0.717, 1.165) is 10.4 Å². The molecule has 2 aromatic carbocycles. The van der Waals surface area contributed by atoms with E-state index in [1.165, 1.54) is 29.5 Å². The molecule has 0 aliphatic carbocycles. The number of ether oxygens (including phenoxy) is 1. The van der Waals surface area contributed by atoms with Gasteiger partial charge in [-0.2, -0.15) is 0 Å². The Morgan fingerprint density at radius 3 is 2.59 bits per heavy atom. The minimum atomic E-state index is -0.822. The summed E-state index contributed by atoms with van der Waals surface area (Å²) in [5.74, 6) is -1.53. The first-order valence-electron chi connectivity index (χ1n) is 8.08. The quantitative estimate of drug-likeness (QED) is 0.608. The molecule has 0 unspecified atom stereocenters. The van der Waals surface area contributed by atoms with Gasteiger partial charge >= 0.3 is 5.97 Å². The fourth-order valence-electron chi connectivity index (χ4n) is 2.50. The first-order valence-corrected chi connectivity index (χ1v) is 9.33. The van der Waals surface area contributed by atoms with Crippen molar-refractivity contribution in [1.82, 2.24) is 5.32 Å². The summed E-state index contributed by atoms with van der Waals surface area (Å²) >= 11 is 7.34. The minimum absolute atomic E-state index is 0.0897. The number of halogens is 1. The lowest BCUT2D eigenvalue weighted by atomic mass is 10.1. The number of esters is 1. The lowest BCUT2D eigenvalue weighted by Crippen LogP contribution is -2.32. The molecule has 3 rings (SSSR count). The van der Waals surface area contributed by atoms with Crippen molar-refractivity contribution in [2.75, 3.05) is 6.61 Å². The molecule has 2 N–H and O–H groups in total. The van der Waals surface area contributed by atoms with Gasteiger partial charge in [0.05, 0.1) is 6.04 Å². The second-order valence-electron chi connectivity index (χ2n) is 5.66. The standard InChI is InChI=1S/C20H16ClNO4S/c21-14-8-9-16(23)15(11-14)20(25)26-12-18(24)22-19(17-7-4-10-27-17)13-5-2-1-3-6-13/h1-11,19,23H,12H2,(H,22,24)/t19-/m0/s1. The summed E-state index contributed by atoms with van der Waals surface area (Å²) in [6.07, 6.45) is 0. The summed E-state index contributed by atoms with van der Waals surface area (Å²) in [6, 6.07) is 17.0. The van der Waals surface area contributed by atoms with Crippen molar-refractivity contribution in [3.63, 3.8) is 0 Å². The molecule has 5 nitrogen and oxygen atoms in total. The minimum Gasteiger partial charge on any atom is -0.507 e. The van der Waals surface area contributed by atoms with E-state index >= 15 is 0 Å². The van der Waals surface area contributed by atoms with Gasteiger partial charge < -0.3 is 15.2 Å². The molecule has 27 heavy (non-hydrogen) atoms. The van der Waals surface area contributed by atoms with E-state index in [2.05, 4.69) is 5.32 Å². The number of phenols is 1. The van der Waals surface area contributed by atoms with Crippen molar-refractivity contribution in [3.8, 4) is 5.75 Å².